The number of hydrogen-bond donors (Lipinski definition) is 3. The van der Waals surface area contributed by atoms with Gasteiger partial charge in [0.1, 0.15) is 23.0 Å². The van der Waals surface area contributed by atoms with Crippen molar-refractivity contribution in [1.82, 2.24) is 35.2 Å². The van der Waals surface area contributed by atoms with Gasteiger partial charge in [0.25, 0.3) is 0 Å². The number of nitrogens with zero attached hydrogens (tertiary/aromatic N) is 6. The first-order chi connectivity index (χ1) is 20.7. The number of carbonyl (C=O) groups excluding carboxylic acids is 1. The summed E-state index contributed by atoms with van der Waals surface area (Å²) in [5, 5.41) is 20.3. The standard InChI is InChI=1S/C32H42N8O4/c1-31(2,3)22-12-10-21(11-13-22)28-33-24-8-7-9-26(27(24)35-28)39-16-14-38(15-17-39)18-23-19-40(37-36-23)20-25(29(41)42)34-30(43)44-32(4,5)6/h7-13,19,25H,14-18,20H2,1-6H3,(H,33,35)(H,34,43)(H,41,42)/t25-/m0/s1. The third kappa shape index (κ3) is 7.54. The number of benzene rings is 2. The summed E-state index contributed by atoms with van der Waals surface area (Å²) >= 11 is 0. The zero-order chi connectivity index (χ0) is 31.6. The Labute approximate surface area is 257 Å². The number of imidazole rings is 1. The van der Waals surface area contributed by atoms with E-state index in [2.05, 4.69) is 93.6 Å². The largest absolute Gasteiger partial charge is 0.480 e. The maximum atomic E-state index is 12.1. The van der Waals surface area contributed by atoms with Crippen LogP contribution in [0.4, 0.5) is 10.5 Å². The third-order valence-electron chi connectivity index (χ3n) is 7.56. The maximum Gasteiger partial charge on any atom is 0.408 e. The molecule has 0 aliphatic carbocycles. The van der Waals surface area contributed by atoms with Gasteiger partial charge in [-0.1, -0.05) is 56.3 Å². The molecule has 2 aromatic carbocycles. The zero-order valence-electron chi connectivity index (χ0n) is 26.3. The van der Waals surface area contributed by atoms with Crippen LogP contribution in [0.25, 0.3) is 22.4 Å². The number of para-hydroxylation sites is 1. The number of carbonyl (C=O) groups is 2. The van der Waals surface area contributed by atoms with Crippen molar-refractivity contribution < 1.29 is 19.4 Å². The number of hydrogen-bond acceptors (Lipinski definition) is 8. The summed E-state index contributed by atoms with van der Waals surface area (Å²) in [6.07, 6.45) is 0.929. The van der Waals surface area contributed by atoms with Gasteiger partial charge in [0.2, 0.25) is 0 Å². The van der Waals surface area contributed by atoms with Gasteiger partial charge in [0.05, 0.1) is 23.4 Å². The molecule has 12 heteroatoms. The van der Waals surface area contributed by atoms with Crippen molar-refractivity contribution in [3.8, 4) is 11.4 Å². The molecule has 44 heavy (non-hydrogen) atoms. The molecule has 1 fully saturated rings. The number of carboxylic acid groups (broad SMARTS) is 1. The van der Waals surface area contributed by atoms with Crippen LogP contribution in [0.5, 0.6) is 0 Å². The van der Waals surface area contributed by atoms with E-state index < -0.39 is 23.7 Å². The smallest absolute Gasteiger partial charge is 0.408 e. The minimum absolute atomic E-state index is 0.0637. The van der Waals surface area contributed by atoms with E-state index in [0.717, 1.165) is 60.0 Å². The van der Waals surface area contributed by atoms with Crippen molar-refractivity contribution >= 4 is 28.8 Å². The first-order valence-corrected chi connectivity index (χ1v) is 14.9. The molecular formula is C32H42N8O4. The van der Waals surface area contributed by atoms with Crippen LogP contribution in [0, 0.1) is 0 Å². The summed E-state index contributed by atoms with van der Waals surface area (Å²) in [5.74, 6) is -0.317. The lowest BCUT2D eigenvalue weighted by Gasteiger charge is -2.35. The van der Waals surface area contributed by atoms with Crippen molar-refractivity contribution in [2.75, 3.05) is 31.1 Å². The van der Waals surface area contributed by atoms with Crippen LogP contribution in [0.2, 0.25) is 0 Å². The van der Waals surface area contributed by atoms with Crippen molar-refractivity contribution in [2.24, 2.45) is 0 Å². The number of aromatic nitrogens is 5. The average Bonchev–Trinajstić information content (AvgIpc) is 3.58. The van der Waals surface area contributed by atoms with Crippen LogP contribution in [-0.4, -0.2) is 84.9 Å². The third-order valence-corrected chi connectivity index (χ3v) is 7.56. The average molecular weight is 603 g/mol. The summed E-state index contributed by atoms with van der Waals surface area (Å²) in [7, 11) is 0. The normalized spacial score (nSPS) is 15.4. The molecule has 3 N–H and O–H groups in total. The minimum Gasteiger partial charge on any atom is -0.480 e. The lowest BCUT2D eigenvalue weighted by Crippen LogP contribution is -2.46. The second-order valence-electron chi connectivity index (χ2n) is 13.3. The Kier molecular flexibility index (Phi) is 8.64. The molecule has 12 nitrogen and oxygen atoms in total. The van der Waals surface area contributed by atoms with Crippen molar-refractivity contribution in [3.05, 3.63) is 59.9 Å². The number of aliphatic carboxylic acids is 1. The molecule has 1 aliphatic heterocycles. The molecule has 1 amide bonds. The molecule has 1 aliphatic rings. The Morgan fingerprint density at radius 2 is 1.73 bits per heavy atom. The number of amides is 1. The van der Waals surface area contributed by atoms with Gasteiger partial charge in [-0.05, 0) is 43.9 Å². The van der Waals surface area contributed by atoms with Crippen LogP contribution in [-0.2, 0) is 28.0 Å². The SMILES string of the molecule is CC(C)(C)OC(=O)N[C@@H](Cn1cc(CN2CCN(c3cccc4[nH]c(-c5ccc(C(C)(C)C)cc5)nc34)CC2)nn1)C(=O)O. The van der Waals surface area contributed by atoms with Gasteiger partial charge in [-0.2, -0.15) is 0 Å². The Morgan fingerprint density at radius 3 is 2.36 bits per heavy atom. The summed E-state index contributed by atoms with van der Waals surface area (Å²) in [4.78, 5) is 37.0. The highest BCUT2D eigenvalue weighted by molar-refractivity contribution is 5.91. The number of nitrogens with one attached hydrogen (secondary N) is 2. The fourth-order valence-corrected chi connectivity index (χ4v) is 5.24. The molecule has 0 bridgehead atoms. The second-order valence-corrected chi connectivity index (χ2v) is 13.3. The van der Waals surface area contributed by atoms with Crippen molar-refractivity contribution in [3.63, 3.8) is 0 Å². The molecule has 2 aromatic heterocycles. The lowest BCUT2D eigenvalue weighted by molar-refractivity contribution is -0.139. The van der Waals surface area contributed by atoms with E-state index in [4.69, 9.17) is 9.72 Å². The van der Waals surface area contributed by atoms with Crippen LogP contribution in [0.15, 0.2) is 48.7 Å². The number of rotatable bonds is 8. The molecule has 3 heterocycles. The molecule has 0 saturated carbocycles. The topological polar surface area (TPSA) is 142 Å². The van der Waals surface area contributed by atoms with Crippen LogP contribution in [0.1, 0.15) is 52.8 Å². The van der Waals surface area contributed by atoms with E-state index in [9.17, 15) is 14.7 Å². The number of anilines is 1. The van der Waals surface area contributed by atoms with E-state index in [1.807, 2.05) is 0 Å². The molecule has 5 rings (SSSR count). The van der Waals surface area contributed by atoms with E-state index in [1.165, 1.54) is 10.2 Å². The van der Waals surface area contributed by atoms with E-state index >= 15 is 0 Å². The summed E-state index contributed by atoms with van der Waals surface area (Å²) in [6.45, 7) is 15.6. The highest BCUT2D eigenvalue weighted by atomic mass is 16.6. The highest BCUT2D eigenvalue weighted by Crippen LogP contribution is 2.30. The number of carboxylic acids is 1. The van der Waals surface area contributed by atoms with E-state index in [1.54, 1.807) is 27.0 Å². The first-order valence-electron chi connectivity index (χ1n) is 14.9. The Balaban J connectivity index is 1.19. The maximum absolute atomic E-state index is 12.1. The monoisotopic (exact) mass is 602 g/mol. The number of piperazine rings is 1. The van der Waals surface area contributed by atoms with Crippen molar-refractivity contribution in [1.29, 1.82) is 0 Å². The summed E-state index contributed by atoms with van der Waals surface area (Å²) < 4.78 is 6.63. The highest BCUT2D eigenvalue weighted by Gasteiger charge is 2.26. The summed E-state index contributed by atoms with van der Waals surface area (Å²) in [5.41, 5.74) is 5.54. The van der Waals surface area contributed by atoms with Gasteiger partial charge in [-0.3, -0.25) is 4.90 Å². The van der Waals surface area contributed by atoms with E-state index in [-0.39, 0.29) is 12.0 Å². The fourth-order valence-electron chi connectivity index (χ4n) is 5.24. The fraction of sp³-hybridized carbons (Fsp3) is 0.469. The zero-order valence-corrected chi connectivity index (χ0v) is 26.3. The minimum atomic E-state index is -1.20. The van der Waals surface area contributed by atoms with Gasteiger partial charge >= 0.3 is 12.1 Å². The second kappa shape index (κ2) is 12.3. The summed E-state index contributed by atoms with van der Waals surface area (Å²) in [6, 6.07) is 13.7. The van der Waals surface area contributed by atoms with Gasteiger partial charge in [-0.25, -0.2) is 19.3 Å². The lowest BCUT2D eigenvalue weighted by atomic mass is 9.87. The van der Waals surface area contributed by atoms with E-state index in [0.29, 0.717) is 6.54 Å². The van der Waals surface area contributed by atoms with Gasteiger partial charge < -0.3 is 25.0 Å². The Hall–Kier alpha value is -4.45. The number of ether oxygens (including phenoxy) is 1. The predicted octanol–water partition coefficient (Wildman–Crippen LogP) is 4.42. The first kappa shape index (κ1) is 31.0. The quantitative estimate of drug-likeness (QED) is 0.267. The molecule has 1 atom stereocenters. The molecule has 0 spiro atoms. The van der Waals surface area contributed by atoms with Crippen LogP contribution < -0.4 is 10.2 Å². The Morgan fingerprint density at radius 1 is 1.02 bits per heavy atom. The molecule has 1 saturated heterocycles. The predicted molar refractivity (Wildman–Crippen MR) is 169 cm³/mol. The molecular weight excluding hydrogens is 560 g/mol. The van der Waals surface area contributed by atoms with Crippen LogP contribution in [0.3, 0.4) is 0 Å². The van der Waals surface area contributed by atoms with Crippen molar-refractivity contribution in [2.45, 2.75) is 71.7 Å². The molecule has 234 valence electrons. The number of fused-ring (bicyclic) bond motifs is 1. The number of aromatic amines is 1. The van der Waals surface area contributed by atoms with Crippen LogP contribution >= 0.6 is 0 Å². The molecule has 0 unspecified atom stereocenters. The molecule has 4 aromatic rings. The van der Waals surface area contributed by atoms with Gasteiger partial charge in [0.15, 0.2) is 0 Å². The number of H-pyrrole nitrogens is 1. The van der Waals surface area contributed by atoms with Gasteiger partial charge in [0, 0.05) is 44.5 Å². The number of alkyl carbamates (subject to hydrolysis) is 1. The van der Waals surface area contributed by atoms with Gasteiger partial charge in [-0.15, -0.1) is 5.10 Å². The molecule has 0 radical (unpaired) electrons. The Bertz CT molecular complexity index is 1610.